The highest BCUT2D eigenvalue weighted by molar-refractivity contribution is 7.79. The Kier molecular flexibility index (Phi) is 5.09. The molecular weight excluding hydrogens is 110 g/mol. The van der Waals surface area contributed by atoms with Gasteiger partial charge in [-0.2, -0.15) is 12.6 Å². The lowest BCUT2D eigenvalue weighted by Crippen LogP contribution is -1.61. The molecule has 0 unspecified atom stereocenters. The first-order valence-electron chi connectivity index (χ1n) is 1.75. The maximum atomic E-state index is 3.53. The van der Waals surface area contributed by atoms with Gasteiger partial charge in [-0.15, -0.1) is 5.10 Å². The van der Waals surface area contributed by atoms with Gasteiger partial charge < -0.3 is 0 Å². The molecule has 0 saturated carbocycles. The lowest BCUT2D eigenvalue weighted by Gasteiger charge is -1.46. The number of rotatable bonds is 0. The van der Waals surface area contributed by atoms with Crippen LogP contribution in [0.15, 0.2) is 12.4 Å². The summed E-state index contributed by atoms with van der Waals surface area (Å²) in [6.07, 6.45) is 4.93. The van der Waals surface area contributed by atoms with E-state index in [1.54, 1.807) is 18.6 Å². The Morgan fingerprint density at radius 2 is 2.29 bits per heavy atom. The molecule has 1 rings (SSSR count). The molecule has 0 bridgehead atoms. The van der Waals surface area contributed by atoms with E-state index in [0.717, 1.165) is 0 Å². The van der Waals surface area contributed by atoms with Crippen LogP contribution in [0.2, 0.25) is 0 Å². The molecule has 40 valence electrons. The molecule has 4 heteroatoms. The zero-order valence-electron chi connectivity index (χ0n) is 4.00. The van der Waals surface area contributed by atoms with Crippen molar-refractivity contribution in [1.29, 1.82) is 0 Å². The van der Waals surface area contributed by atoms with Crippen LogP contribution in [0.1, 0.15) is 0 Å². The number of nitrogens with one attached hydrogen (secondary N) is 1. The summed E-state index contributed by atoms with van der Waals surface area (Å²) in [7, 11) is 0. The number of aromatic nitrogens is 3. The van der Waals surface area contributed by atoms with E-state index in [0.29, 0.717) is 0 Å². The minimum atomic E-state index is 1.58. The molecule has 3 nitrogen and oxygen atoms in total. The van der Waals surface area contributed by atoms with E-state index in [4.69, 9.17) is 0 Å². The molecule has 0 aliphatic rings. The fraction of sp³-hybridized carbons (Fsp3) is 0.333. The fourth-order valence-electron chi connectivity index (χ4n) is 0.167. The van der Waals surface area contributed by atoms with Crippen LogP contribution in [0.5, 0.6) is 0 Å². The molecule has 1 heterocycles. The van der Waals surface area contributed by atoms with Crippen LogP contribution in [0, 0.1) is 0 Å². The van der Waals surface area contributed by atoms with Crippen molar-refractivity contribution in [2.45, 2.75) is 0 Å². The summed E-state index contributed by atoms with van der Waals surface area (Å²) in [5, 5.41) is 9.26. The lowest BCUT2D eigenvalue weighted by molar-refractivity contribution is 0.940. The minimum absolute atomic E-state index is 1.58. The quantitative estimate of drug-likeness (QED) is 0.481. The van der Waals surface area contributed by atoms with Crippen LogP contribution in [0.4, 0.5) is 0 Å². The number of thiol groups is 1. The molecule has 7 heavy (non-hydrogen) atoms. The highest BCUT2D eigenvalue weighted by atomic mass is 32.1. The molecule has 0 spiro atoms. The van der Waals surface area contributed by atoms with Gasteiger partial charge in [-0.3, -0.25) is 5.10 Å². The Morgan fingerprint density at radius 3 is 2.43 bits per heavy atom. The summed E-state index contributed by atoms with van der Waals surface area (Å²) < 4.78 is 0. The first-order chi connectivity index (χ1) is 3.50. The molecule has 0 aromatic carbocycles. The first-order valence-corrected chi connectivity index (χ1v) is 2.65. The van der Waals surface area contributed by atoms with E-state index in [2.05, 4.69) is 28.0 Å². The van der Waals surface area contributed by atoms with E-state index in [9.17, 15) is 0 Å². The Bertz CT molecular complexity index is 66.7. The Hall–Kier alpha value is -0.510. The van der Waals surface area contributed by atoms with Crippen molar-refractivity contribution < 1.29 is 0 Å². The van der Waals surface area contributed by atoms with Gasteiger partial charge in [0.1, 0.15) is 0 Å². The molecule has 0 aliphatic carbocycles. The smallest absolute Gasteiger partial charge is 0.0690 e. The molecule has 1 N–H and O–H groups in total. The van der Waals surface area contributed by atoms with Crippen LogP contribution < -0.4 is 0 Å². The Balaban J connectivity index is 0.000000162. The maximum Gasteiger partial charge on any atom is 0.0690 e. The molecule has 0 aliphatic heterocycles. The monoisotopic (exact) mass is 117 g/mol. The summed E-state index contributed by atoms with van der Waals surface area (Å²) in [4.78, 5) is 0. The highest BCUT2D eigenvalue weighted by Gasteiger charge is 1.57. The van der Waals surface area contributed by atoms with Gasteiger partial charge in [0.15, 0.2) is 0 Å². The number of hydrogen-bond acceptors (Lipinski definition) is 3. The van der Waals surface area contributed by atoms with E-state index >= 15 is 0 Å². The van der Waals surface area contributed by atoms with Gasteiger partial charge in [-0.1, -0.05) is 5.21 Å². The highest BCUT2D eigenvalue weighted by Crippen LogP contribution is 1.55. The first kappa shape index (κ1) is 6.49. The normalized spacial score (nSPS) is 6.57. The summed E-state index contributed by atoms with van der Waals surface area (Å²) >= 11 is 3.53. The van der Waals surface area contributed by atoms with Crippen LogP contribution >= 0.6 is 12.6 Å². The molecule has 0 amide bonds. The van der Waals surface area contributed by atoms with E-state index < -0.39 is 0 Å². The SMILES string of the molecule is CS.c1c[nH]nn1. The van der Waals surface area contributed by atoms with Gasteiger partial charge in [0.05, 0.1) is 6.20 Å². The van der Waals surface area contributed by atoms with E-state index in [-0.39, 0.29) is 0 Å². The van der Waals surface area contributed by atoms with Crippen LogP contribution in [-0.4, -0.2) is 21.7 Å². The molecule has 1 aromatic rings. The summed E-state index contributed by atoms with van der Waals surface area (Å²) in [5.41, 5.74) is 0. The molecule has 0 radical (unpaired) electrons. The van der Waals surface area contributed by atoms with E-state index in [1.807, 2.05) is 0 Å². The number of aromatic amines is 1. The average molecular weight is 117 g/mol. The van der Waals surface area contributed by atoms with Crippen molar-refractivity contribution in [1.82, 2.24) is 15.4 Å². The predicted octanol–water partition coefficient (Wildman–Crippen LogP) is 0.351. The zero-order valence-corrected chi connectivity index (χ0v) is 4.89. The largest absolute Gasteiger partial charge is 0.266 e. The number of nitrogens with zero attached hydrogens (tertiary/aromatic N) is 2. The van der Waals surface area contributed by atoms with Gasteiger partial charge >= 0.3 is 0 Å². The van der Waals surface area contributed by atoms with Gasteiger partial charge in [0.25, 0.3) is 0 Å². The Labute approximate surface area is 47.5 Å². The van der Waals surface area contributed by atoms with Crippen molar-refractivity contribution in [3.8, 4) is 0 Å². The van der Waals surface area contributed by atoms with Gasteiger partial charge in [0.2, 0.25) is 0 Å². The van der Waals surface area contributed by atoms with Crippen LogP contribution in [0.3, 0.4) is 0 Å². The van der Waals surface area contributed by atoms with Gasteiger partial charge in [-0.25, -0.2) is 0 Å². The standard InChI is InChI=1S/C2H3N3.CH4S/c1-2-4-5-3-1;1-2/h1-2H,(H,3,4,5);2H,1H3. The molecule has 1 aromatic heterocycles. The minimum Gasteiger partial charge on any atom is -0.266 e. The average Bonchev–Trinajstić information content (AvgIpc) is 2.23. The zero-order chi connectivity index (χ0) is 5.54. The number of hydrogen-bond donors (Lipinski definition) is 2. The van der Waals surface area contributed by atoms with Gasteiger partial charge in [-0.05, 0) is 6.26 Å². The second kappa shape index (κ2) is 5.49. The van der Waals surface area contributed by atoms with Crippen molar-refractivity contribution in [3.05, 3.63) is 12.4 Å². The van der Waals surface area contributed by atoms with Crippen molar-refractivity contribution in [2.75, 3.05) is 6.26 Å². The topological polar surface area (TPSA) is 41.6 Å². The van der Waals surface area contributed by atoms with Gasteiger partial charge in [0, 0.05) is 6.20 Å². The summed E-state index contributed by atoms with van der Waals surface area (Å²) in [5.74, 6) is 0. The summed E-state index contributed by atoms with van der Waals surface area (Å²) in [6, 6.07) is 0. The van der Waals surface area contributed by atoms with Crippen molar-refractivity contribution >= 4 is 12.6 Å². The third kappa shape index (κ3) is 3.32. The number of H-pyrrole nitrogens is 1. The summed E-state index contributed by atoms with van der Waals surface area (Å²) in [6.45, 7) is 0. The van der Waals surface area contributed by atoms with Crippen LogP contribution in [0.25, 0.3) is 0 Å². The molecular formula is C3H7N3S. The molecule has 0 fully saturated rings. The van der Waals surface area contributed by atoms with Crippen molar-refractivity contribution in [3.63, 3.8) is 0 Å². The molecule has 0 atom stereocenters. The fourth-order valence-corrected chi connectivity index (χ4v) is 0.167. The van der Waals surface area contributed by atoms with Crippen LogP contribution in [-0.2, 0) is 0 Å². The second-order valence-corrected chi connectivity index (χ2v) is 0.660. The lowest BCUT2D eigenvalue weighted by atomic mass is 11.0. The second-order valence-electron chi connectivity index (χ2n) is 0.660. The predicted molar refractivity (Wildman–Crippen MR) is 31.3 cm³/mol. The molecule has 0 saturated heterocycles. The third-order valence-corrected chi connectivity index (χ3v) is 0.331. The van der Waals surface area contributed by atoms with Crippen molar-refractivity contribution in [2.24, 2.45) is 0 Å². The Morgan fingerprint density at radius 1 is 1.57 bits per heavy atom. The maximum absolute atomic E-state index is 3.53. The third-order valence-electron chi connectivity index (χ3n) is 0.331. The van der Waals surface area contributed by atoms with E-state index in [1.165, 1.54) is 0 Å².